The van der Waals surface area contributed by atoms with E-state index in [9.17, 15) is 9.18 Å². The predicted octanol–water partition coefficient (Wildman–Crippen LogP) is 1.79. The first-order chi connectivity index (χ1) is 7.65. The first-order valence-electron chi connectivity index (χ1n) is 5.09. The van der Waals surface area contributed by atoms with Gasteiger partial charge in [-0.2, -0.15) is 5.26 Å². The van der Waals surface area contributed by atoms with E-state index in [-0.39, 0.29) is 18.1 Å². The Labute approximate surface area is 93.9 Å². The SMILES string of the molecule is CCC(C#N)NC(=O)Cc1ccc(F)cc1. The third-order valence-electron chi connectivity index (χ3n) is 2.18. The van der Waals surface area contributed by atoms with Gasteiger partial charge in [0.2, 0.25) is 5.91 Å². The second-order valence-electron chi connectivity index (χ2n) is 3.46. The maximum Gasteiger partial charge on any atom is 0.225 e. The van der Waals surface area contributed by atoms with Gasteiger partial charge in [0.25, 0.3) is 0 Å². The summed E-state index contributed by atoms with van der Waals surface area (Å²) in [7, 11) is 0. The summed E-state index contributed by atoms with van der Waals surface area (Å²) < 4.78 is 12.6. The van der Waals surface area contributed by atoms with Gasteiger partial charge < -0.3 is 5.32 Å². The summed E-state index contributed by atoms with van der Waals surface area (Å²) in [6.07, 6.45) is 0.740. The van der Waals surface area contributed by atoms with Crippen molar-refractivity contribution in [2.24, 2.45) is 0 Å². The highest BCUT2D eigenvalue weighted by Crippen LogP contribution is 2.03. The molecule has 1 atom stereocenters. The highest BCUT2D eigenvalue weighted by atomic mass is 19.1. The number of rotatable bonds is 4. The topological polar surface area (TPSA) is 52.9 Å². The molecule has 0 saturated carbocycles. The lowest BCUT2D eigenvalue weighted by atomic mass is 10.1. The fourth-order valence-corrected chi connectivity index (χ4v) is 1.26. The van der Waals surface area contributed by atoms with Crippen molar-refractivity contribution >= 4 is 5.91 Å². The smallest absolute Gasteiger partial charge is 0.225 e. The predicted molar refractivity (Wildman–Crippen MR) is 57.9 cm³/mol. The Morgan fingerprint density at radius 1 is 1.50 bits per heavy atom. The molecule has 0 radical (unpaired) electrons. The van der Waals surface area contributed by atoms with E-state index < -0.39 is 6.04 Å². The number of hydrogen-bond acceptors (Lipinski definition) is 2. The average Bonchev–Trinajstić information content (AvgIpc) is 2.29. The molecule has 0 fully saturated rings. The van der Waals surface area contributed by atoms with E-state index in [0.717, 1.165) is 5.56 Å². The van der Waals surface area contributed by atoms with Crippen LogP contribution in [0.5, 0.6) is 0 Å². The zero-order valence-corrected chi connectivity index (χ0v) is 9.03. The van der Waals surface area contributed by atoms with Crippen LogP contribution in [-0.4, -0.2) is 11.9 Å². The Balaban J connectivity index is 2.52. The van der Waals surface area contributed by atoms with Crippen molar-refractivity contribution in [1.29, 1.82) is 5.26 Å². The van der Waals surface area contributed by atoms with Gasteiger partial charge in [0.1, 0.15) is 11.9 Å². The molecule has 1 N–H and O–H groups in total. The van der Waals surface area contributed by atoms with Gasteiger partial charge in [-0.25, -0.2) is 4.39 Å². The van der Waals surface area contributed by atoms with E-state index in [4.69, 9.17) is 5.26 Å². The molecule has 84 valence electrons. The number of hydrogen-bond donors (Lipinski definition) is 1. The third-order valence-corrected chi connectivity index (χ3v) is 2.18. The molecule has 0 aromatic heterocycles. The Bertz CT molecular complexity index is 394. The molecule has 0 heterocycles. The molecule has 3 nitrogen and oxygen atoms in total. The monoisotopic (exact) mass is 220 g/mol. The molecule has 0 aliphatic heterocycles. The summed E-state index contributed by atoms with van der Waals surface area (Å²) in [6, 6.07) is 7.27. The lowest BCUT2D eigenvalue weighted by molar-refractivity contribution is -0.120. The third kappa shape index (κ3) is 3.70. The minimum absolute atomic E-state index is 0.165. The minimum Gasteiger partial charge on any atom is -0.340 e. The highest BCUT2D eigenvalue weighted by Gasteiger charge is 2.09. The quantitative estimate of drug-likeness (QED) is 0.841. The van der Waals surface area contributed by atoms with Crippen LogP contribution in [0.2, 0.25) is 0 Å². The van der Waals surface area contributed by atoms with Crippen molar-refractivity contribution in [3.05, 3.63) is 35.6 Å². The number of benzene rings is 1. The molecule has 1 amide bonds. The molecule has 0 spiro atoms. The number of nitrogens with zero attached hydrogens (tertiary/aromatic N) is 1. The van der Waals surface area contributed by atoms with Crippen molar-refractivity contribution < 1.29 is 9.18 Å². The summed E-state index contributed by atoms with van der Waals surface area (Å²) in [4.78, 5) is 11.5. The summed E-state index contributed by atoms with van der Waals surface area (Å²) in [5.41, 5.74) is 0.728. The molecule has 1 unspecified atom stereocenters. The zero-order chi connectivity index (χ0) is 12.0. The first-order valence-corrected chi connectivity index (χ1v) is 5.09. The summed E-state index contributed by atoms with van der Waals surface area (Å²) in [6.45, 7) is 1.83. The van der Waals surface area contributed by atoms with Crippen LogP contribution in [0.1, 0.15) is 18.9 Å². The number of halogens is 1. The van der Waals surface area contributed by atoms with Crippen LogP contribution in [0.25, 0.3) is 0 Å². The molecular formula is C12H13FN2O. The Morgan fingerprint density at radius 3 is 2.62 bits per heavy atom. The second-order valence-corrected chi connectivity index (χ2v) is 3.46. The normalized spacial score (nSPS) is 11.6. The van der Waals surface area contributed by atoms with Gasteiger partial charge >= 0.3 is 0 Å². The van der Waals surface area contributed by atoms with Crippen LogP contribution < -0.4 is 5.32 Å². The van der Waals surface area contributed by atoms with Crippen molar-refractivity contribution in [2.45, 2.75) is 25.8 Å². The lowest BCUT2D eigenvalue weighted by Crippen LogP contribution is -2.34. The van der Waals surface area contributed by atoms with Crippen LogP contribution >= 0.6 is 0 Å². The van der Waals surface area contributed by atoms with E-state index >= 15 is 0 Å². The van der Waals surface area contributed by atoms with Gasteiger partial charge in [-0.1, -0.05) is 19.1 Å². The molecule has 0 bridgehead atoms. The van der Waals surface area contributed by atoms with E-state index in [2.05, 4.69) is 5.32 Å². The molecule has 1 aromatic rings. The number of amides is 1. The molecule has 16 heavy (non-hydrogen) atoms. The summed E-state index contributed by atoms with van der Waals surface area (Å²) in [5, 5.41) is 11.2. The summed E-state index contributed by atoms with van der Waals surface area (Å²) in [5.74, 6) is -0.548. The van der Waals surface area contributed by atoms with E-state index in [1.807, 2.05) is 13.0 Å². The molecule has 0 saturated heterocycles. The molecular weight excluding hydrogens is 207 g/mol. The van der Waals surface area contributed by atoms with Crippen LogP contribution in [0.15, 0.2) is 24.3 Å². The number of carbonyl (C=O) groups excluding carboxylic acids is 1. The van der Waals surface area contributed by atoms with Gasteiger partial charge in [0, 0.05) is 0 Å². The highest BCUT2D eigenvalue weighted by molar-refractivity contribution is 5.79. The average molecular weight is 220 g/mol. The molecule has 1 rings (SSSR count). The van der Waals surface area contributed by atoms with Crippen molar-refractivity contribution in [3.63, 3.8) is 0 Å². The second kappa shape index (κ2) is 5.86. The van der Waals surface area contributed by atoms with E-state index in [0.29, 0.717) is 6.42 Å². The molecule has 1 aromatic carbocycles. The fraction of sp³-hybridized carbons (Fsp3) is 0.333. The summed E-state index contributed by atoms with van der Waals surface area (Å²) >= 11 is 0. The van der Waals surface area contributed by atoms with Gasteiger partial charge in [-0.05, 0) is 24.1 Å². The molecule has 0 aliphatic rings. The van der Waals surface area contributed by atoms with Crippen LogP contribution in [0.3, 0.4) is 0 Å². The van der Waals surface area contributed by atoms with Crippen LogP contribution in [0.4, 0.5) is 4.39 Å². The van der Waals surface area contributed by atoms with Gasteiger partial charge in [-0.3, -0.25) is 4.79 Å². The van der Waals surface area contributed by atoms with Crippen LogP contribution in [-0.2, 0) is 11.2 Å². The van der Waals surface area contributed by atoms with Crippen molar-refractivity contribution in [1.82, 2.24) is 5.32 Å². The maximum atomic E-state index is 12.6. The van der Waals surface area contributed by atoms with E-state index in [1.165, 1.54) is 12.1 Å². The van der Waals surface area contributed by atoms with E-state index in [1.54, 1.807) is 12.1 Å². The Morgan fingerprint density at radius 2 is 2.12 bits per heavy atom. The zero-order valence-electron chi connectivity index (χ0n) is 9.03. The maximum absolute atomic E-state index is 12.6. The van der Waals surface area contributed by atoms with Crippen molar-refractivity contribution in [2.75, 3.05) is 0 Å². The Kier molecular flexibility index (Phi) is 4.46. The minimum atomic E-state index is -0.451. The molecule has 0 aliphatic carbocycles. The van der Waals surface area contributed by atoms with Gasteiger partial charge in [-0.15, -0.1) is 0 Å². The first kappa shape index (κ1) is 12.2. The van der Waals surface area contributed by atoms with Crippen molar-refractivity contribution in [3.8, 4) is 6.07 Å². The largest absolute Gasteiger partial charge is 0.340 e. The lowest BCUT2D eigenvalue weighted by Gasteiger charge is -2.08. The molecule has 4 heteroatoms. The standard InChI is InChI=1S/C12H13FN2O/c1-2-11(8-14)15-12(16)7-9-3-5-10(13)6-4-9/h3-6,11H,2,7H2,1H3,(H,15,16). The number of carbonyl (C=O) groups is 1. The fourth-order valence-electron chi connectivity index (χ4n) is 1.26. The number of nitrogens with one attached hydrogen (secondary N) is 1. The van der Waals surface area contributed by atoms with Crippen LogP contribution in [0, 0.1) is 17.1 Å². The van der Waals surface area contributed by atoms with Gasteiger partial charge in [0.05, 0.1) is 12.5 Å². The number of nitriles is 1. The Hall–Kier alpha value is -1.89. The van der Waals surface area contributed by atoms with Gasteiger partial charge in [0.15, 0.2) is 0 Å².